The highest BCUT2D eigenvalue weighted by atomic mass is 32.1. The van der Waals surface area contributed by atoms with Crippen LogP contribution in [0.1, 0.15) is 10.4 Å². The predicted molar refractivity (Wildman–Crippen MR) is 83.1 cm³/mol. The minimum Gasteiger partial charge on any atom is -0.477 e. The summed E-state index contributed by atoms with van der Waals surface area (Å²) in [6.45, 7) is 0.515. The Hall–Kier alpha value is -2.09. The zero-order valence-electron chi connectivity index (χ0n) is 10.6. The van der Waals surface area contributed by atoms with E-state index >= 15 is 0 Å². The van der Waals surface area contributed by atoms with Gasteiger partial charge in [-0.2, -0.15) is 5.26 Å². The van der Waals surface area contributed by atoms with Crippen molar-refractivity contribution in [2.75, 3.05) is 0 Å². The molecule has 0 amide bonds. The molecule has 4 heteroatoms. The number of nitriles is 1. The van der Waals surface area contributed by atoms with E-state index in [1.165, 1.54) is 11.3 Å². The standard InChI is InChI=1S/C16H11NOS2/c17-9-14-15(12-5-2-1-3-6-12)11-20-16(14)18-10-13-7-4-8-19-13/h1-8,11H,10H2. The van der Waals surface area contributed by atoms with Gasteiger partial charge in [0.1, 0.15) is 18.2 Å². The Labute approximate surface area is 125 Å². The molecule has 0 N–H and O–H groups in total. The molecule has 20 heavy (non-hydrogen) atoms. The summed E-state index contributed by atoms with van der Waals surface area (Å²) in [7, 11) is 0. The first-order valence-electron chi connectivity index (χ1n) is 6.10. The van der Waals surface area contributed by atoms with E-state index < -0.39 is 0 Å². The lowest BCUT2D eigenvalue weighted by Gasteiger charge is -2.03. The second-order valence-electron chi connectivity index (χ2n) is 4.16. The van der Waals surface area contributed by atoms with Crippen LogP contribution in [0.4, 0.5) is 0 Å². The first-order valence-corrected chi connectivity index (χ1v) is 7.86. The van der Waals surface area contributed by atoms with Crippen LogP contribution >= 0.6 is 22.7 Å². The average Bonchev–Trinajstić information content (AvgIpc) is 3.15. The molecule has 2 heterocycles. The largest absolute Gasteiger partial charge is 0.477 e. The summed E-state index contributed by atoms with van der Waals surface area (Å²) in [4.78, 5) is 1.16. The third-order valence-electron chi connectivity index (χ3n) is 2.88. The van der Waals surface area contributed by atoms with Gasteiger partial charge in [-0.05, 0) is 17.0 Å². The first kappa shape index (κ1) is 12.9. The van der Waals surface area contributed by atoms with Crippen LogP contribution < -0.4 is 4.74 Å². The van der Waals surface area contributed by atoms with Gasteiger partial charge in [0.15, 0.2) is 5.06 Å². The van der Waals surface area contributed by atoms with Gasteiger partial charge in [0, 0.05) is 15.8 Å². The van der Waals surface area contributed by atoms with Crippen molar-refractivity contribution in [3.8, 4) is 22.3 Å². The van der Waals surface area contributed by atoms with Crippen molar-refractivity contribution in [2.24, 2.45) is 0 Å². The van der Waals surface area contributed by atoms with Gasteiger partial charge < -0.3 is 4.74 Å². The molecule has 0 aliphatic carbocycles. The Morgan fingerprint density at radius 2 is 1.90 bits per heavy atom. The van der Waals surface area contributed by atoms with Gasteiger partial charge in [-0.3, -0.25) is 0 Å². The molecule has 3 aromatic rings. The molecule has 98 valence electrons. The second-order valence-corrected chi connectivity index (χ2v) is 6.03. The maximum Gasteiger partial charge on any atom is 0.192 e. The van der Waals surface area contributed by atoms with Gasteiger partial charge in [0.25, 0.3) is 0 Å². The van der Waals surface area contributed by atoms with E-state index in [4.69, 9.17) is 4.74 Å². The van der Waals surface area contributed by atoms with E-state index in [1.807, 2.05) is 53.2 Å². The van der Waals surface area contributed by atoms with E-state index in [0.717, 1.165) is 16.0 Å². The number of hydrogen-bond acceptors (Lipinski definition) is 4. The van der Waals surface area contributed by atoms with Crippen molar-refractivity contribution in [1.82, 2.24) is 0 Å². The van der Waals surface area contributed by atoms with Gasteiger partial charge >= 0.3 is 0 Å². The number of thiophene rings is 2. The number of ether oxygens (including phenoxy) is 1. The molecule has 1 aromatic carbocycles. The molecule has 0 saturated carbocycles. The monoisotopic (exact) mass is 297 g/mol. The lowest BCUT2D eigenvalue weighted by atomic mass is 10.1. The Bertz CT molecular complexity index is 724. The van der Waals surface area contributed by atoms with Crippen LogP contribution in [-0.2, 0) is 6.61 Å². The number of rotatable bonds is 4. The van der Waals surface area contributed by atoms with Crippen LogP contribution in [0.5, 0.6) is 5.06 Å². The minimum atomic E-state index is 0.515. The molecule has 3 rings (SSSR count). The number of benzene rings is 1. The molecule has 0 bridgehead atoms. The number of hydrogen-bond donors (Lipinski definition) is 0. The molecule has 0 aliphatic heterocycles. The van der Waals surface area contributed by atoms with E-state index in [2.05, 4.69) is 6.07 Å². The molecule has 0 unspecified atom stereocenters. The van der Waals surface area contributed by atoms with Crippen molar-refractivity contribution in [3.05, 3.63) is 63.7 Å². The molecular weight excluding hydrogens is 286 g/mol. The molecule has 0 spiro atoms. The van der Waals surface area contributed by atoms with Crippen LogP contribution in [0.3, 0.4) is 0 Å². The van der Waals surface area contributed by atoms with Gasteiger partial charge in [0.2, 0.25) is 0 Å². The van der Waals surface area contributed by atoms with Gasteiger partial charge in [-0.25, -0.2) is 0 Å². The van der Waals surface area contributed by atoms with E-state index in [0.29, 0.717) is 17.2 Å². The summed E-state index contributed by atoms with van der Waals surface area (Å²) in [6.07, 6.45) is 0. The SMILES string of the molecule is N#Cc1c(-c2ccccc2)csc1OCc1cccs1. The fraction of sp³-hybridized carbons (Fsp3) is 0.0625. The Morgan fingerprint density at radius 1 is 1.05 bits per heavy atom. The van der Waals surface area contributed by atoms with Crippen LogP contribution in [-0.4, -0.2) is 0 Å². The second kappa shape index (κ2) is 5.91. The summed E-state index contributed by atoms with van der Waals surface area (Å²) in [5.41, 5.74) is 2.61. The lowest BCUT2D eigenvalue weighted by Crippen LogP contribution is -1.92. The Morgan fingerprint density at radius 3 is 2.60 bits per heavy atom. The maximum absolute atomic E-state index is 9.39. The molecule has 0 radical (unpaired) electrons. The predicted octanol–water partition coefficient (Wildman–Crippen LogP) is 4.93. The summed E-state index contributed by atoms with van der Waals surface area (Å²) < 4.78 is 5.78. The normalized spacial score (nSPS) is 10.2. The first-order chi connectivity index (χ1) is 9.88. The van der Waals surface area contributed by atoms with Gasteiger partial charge in [-0.15, -0.1) is 22.7 Å². The molecule has 0 aliphatic rings. The summed E-state index contributed by atoms with van der Waals surface area (Å²) >= 11 is 3.13. The summed E-state index contributed by atoms with van der Waals surface area (Å²) in [5, 5.41) is 14.1. The highest BCUT2D eigenvalue weighted by Crippen LogP contribution is 2.37. The number of nitrogens with zero attached hydrogens (tertiary/aromatic N) is 1. The van der Waals surface area contributed by atoms with Crippen LogP contribution in [0, 0.1) is 11.3 Å². The van der Waals surface area contributed by atoms with Crippen LogP contribution in [0.25, 0.3) is 11.1 Å². The zero-order valence-corrected chi connectivity index (χ0v) is 12.2. The van der Waals surface area contributed by atoms with E-state index in [1.54, 1.807) is 11.3 Å². The summed E-state index contributed by atoms with van der Waals surface area (Å²) in [5.74, 6) is 0. The lowest BCUT2D eigenvalue weighted by molar-refractivity contribution is 0.318. The van der Waals surface area contributed by atoms with Crippen molar-refractivity contribution >= 4 is 22.7 Å². The van der Waals surface area contributed by atoms with Gasteiger partial charge in [-0.1, -0.05) is 36.4 Å². The van der Waals surface area contributed by atoms with Crippen molar-refractivity contribution < 1.29 is 4.74 Å². The molecule has 0 fully saturated rings. The minimum absolute atomic E-state index is 0.515. The van der Waals surface area contributed by atoms with Crippen molar-refractivity contribution in [2.45, 2.75) is 6.61 Å². The van der Waals surface area contributed by atoms with Gasteiger partial charge in [0.05, 0.1) is 0 Å². The Balaban J connectivity index is 1.86. The maximum atomic E-state index is 9.39. The van der Waals surface area contributed by atoms with Crippen LogP contribution in [0.15, 0.2) is 53.2 Å². The van der Waals surface area contributed by atoms with Crippen molar-refractivity contribution in [3.63, 3.8) is 0 Å². The Kier molecular flexibility index (Phi) is 3.82. The van der Waals surface area contributed by atoms with E-state index in [-0.39, 0.29) is 0 Å². The molecule has 0 atom stereocenters. The molecule has 2 nitrogen and oxygen atoms in total. The van der Waals surface area contributed by atoms with E-state index in [9.17, 15) is 5.26 Å². The fourth-order valence-corrected chi connectivity index (χ4v) is 3.41. The topological polar surface area (TPSA) is 33.0 Å². The van der Waals surface area contributed by atoms with Crippen molar-refractivity contribution in [1.29, 1.82) is 5.26 Å². The quantitative estimate of drug-likeness (QED) is 0.684. The fourth-order valence-electron chi connectivity index (χ4n) is 1.91. The molecule has 2 aromatic heterocycles. The smallest absolute Gasteiger partial charge is 0.192 e. The highest BCUT2D eigenvalue weighted by Gasteiger charge is 2.14. The third-order valence-corrected chi connectivity index (χ3v) is 4.62. The summed E-state index contributed by atoms with van der Waals surface area (Å²) in [6, 6.07) is 16.2. The average molecular weight is 297 g/mol. The third kappa shape index (κ3) is 2.60. The highest BCUT2D eigenvalue weighted by molar-refractivity contribution is 7.12. The zero-order chi connectivity index (χ0) is 13.8. The van der Waals surface area contributed by atoms with Crippen LogP contribution in [0.2, 0.25) is 0 Å². The molecule has 0 saturated heterocycles. The molecular formula is C16H11NOS2.